The molecule has 7 nitrogen and oxygen atoms in total. The second-order valence-corrected chi connectivity index (χ2v) is 9.25. The fourth-order valence-corrected chi connectivity index (χ4v) is 4.34. The first-order valence-corrected chi connectivity index (χ1v) is 12.3. The van der Waals surface area contributed by atoms with Crippen LogP contribution in [0, 0.1) is 0 Å². The smallest absolute Gasteiger partial charge is 0.303 e. The van der Waals surface area contributed by atoms with E-state index in [1.54, 1.807) is 60.7 Å². The van der Waals surface area contributed by atoms with Crippen molar-refractivity contribution in [1.82, 2.24) is 0 Å². The summed E-state index contributed by atoms with van der Waals surface area (Å²) in [5, 5.41) is 19.2. The van der Waals surface area contributed by atoms with E-state index in [-0.39, 0.29) is 17.9 Å². The fourth-order valence-electron chi connectivity index (χ4n) is 3.23. The first-order valence-electron chi connectivity index (χ1n) is 10.8. The molecule has 0 heterocycles. The van der Waals surface area contributed by atoms with Crippen LogP contribution >= 0.6 is 0 Å². The zero-order valence-corrected chi connectivity index (χ0v) is 19.3. The minimum absolute atomic E-state index is 0.0131. The largest absolute Gasteiger partial charge is 0.493 e. The molecule has 3 rings (SSSR count). The summed E-state index contributed by atoms with van der Waals surface area (Å²) >= 11 is 0. The lowest BCUT2D eigenvalue weighted by Crippen LogP contribution is -2.13. The van der Waals surface area contributed by atoms with Crippen LogP contribution in [0.2, 0.25) is 0 Å². The van der Waals surface area contributed by atoms with Gasteiger partial charge in [-0.1, -0.05) is 66.7 Å². The van der Waals surface area contributed by atoms with Crippen LogP contribution in [-0.4, -0.2) is 37.3 Å². The number of aliphatic hydroxyl groups excluding tert-OH is 1. The van der Waals surface area contributed by atoms with Crippen molar-refractivity contribution in [2.75, 3.05) is 11.3 Å². The van der Waals surface area contributed by atoms with Gasteiger partial charge < -0.3 is 14.9 Å². The molecule has 0 radical (unpaired) electrons. The van der Waals surface area contributed by atoms with Crippen molar-refractivity contribution in [1.29, 1.82) is 0 Å². The molecule has 0 aliphatic carbocycles. The van der Waals surface area contributed by atoms with Gasteiger partial charge in [-0.05, 0) is 41.8 Å². The summed E-state index contributed by atoms with van der Waals surface area (Å²) in [5.41, 5.74) is 1.81. The second kappa shape index (κ2) is 12.0. The topological polar surface area (TPSA) is 113 Å². The number of hydrogen-bond acceptors (Lipinski definition) is 5. The quantitative estimate of drug-likeness (QED) is 0.355. The van der Waals surface area contributed by atoms with Crippen molar-refractivity contribution < 1.29 is 28.2 Å². The van der Waals surface area contributed by atoms with Gasteiger partial charge in [-0.15, -0.1) is 0 Å². The molecule has 0 unspecified atom stereocenters. The zero-order valence-electron chi connectivity index (χ0n) is 18.5. The van der Waals surface area contributed by atoms with Gasteiger partial charge >= 0.3 is 5.97 Å². The molecule has 0 saturated carbocycles. The van der Waals surface area contributed by atoms with E-state index in [9.17, 15) is 18.3 Å². The molecular weight excluding hydrogens is 454 g/mol. The standard InChI is InChI=1S/C26H27NO6S/c28-22(18-19-33-25-13-7-5-9-21(25)15-17-26(29)30)16-14-20-8-4-6-12-24(20)27-34(31,32)23-10-2-1-3-11-23/h1-14,16,22,27-28H,15,17-19H2,(H,29,30)/b16-14+/t22-/m0/s1. The molecule has 0 aliphatic rings. The first-order chi connectivity index (χ1) is 16.3. The summed E-state index contributed by atoms with van der Waals surface area (Å²) in [6, 6.07) is 22.2. The third-order valence-corrected chi connectivity index (χ3v) is 6.39. The number of carbonyl (C=O) groups is 1. The number of benzene rings is 3. The van der Waals surface area contributed by atoms with Gasteiger partial charge in [0, 0.05) is 12.8 Å². The Labute approximate surface area is 199 Å². The molecule has 0 fully saturated rings. The van der Waals surface area contributed by atoms with Crippen molar-refractivity contribution in [3.63, 3.8) is 0 Å². The molecule has 34 heavy (non-hydrogen) atoms. The van der Waals surface area contributed by atoms with E-state index in [4.69, 9.17) is 9.84 Å². The van der Waals surface area contributed by atoms with Crippen LogP contribution in [0.15, 0.2) is 89.8 Å². The number of aryl methyl sites for hydroxylation is 1. The Morgan fingerprint density at radius 1 is 0.971 bits per heavy atom. The van der Waals surface area contributed by atoms with Gasteiger partial charge in [0.15, 0.2) is 0 Å². The normalized spacial score (nSPS) is 12.4. The minimum atomic E-state index is -3.74. The van der Waals surface area contributed by atoms with E-state index in [1.807, 2.05) is 18.2 Å². The van der Waals surface area contributed by atoms with Crippen molar-refractivity contribution in [3.8, 4) is 5.75 Å². The van der Waals surface area contributed by atoms with Crippen LogP contribution in [0.3, 0.4) is 0 Å². The summed E-state index contributed by atoms with van der Waals surface area (Å²) in [5.74, 6) is -0.276. The van der Waals surface area contributed by atoms with E-state index < -0.39 is 22.1 Å². The number of nitrogens with one attached hydrogen (secondary N) is 1. The lowest BCUT2D eigenvalue weighted by atomic mass is 10.1. The van der Waals surface area contributed by atoms with E-state index in [1.165, 1.54) is 12.1 Å². The summed E-state index contributed by atoms with van der Waals surface area (Å²) < 4.78 is 33.6. The summed E-state index contributed by atoms with van der Waals surface area (Å²) in [7, 11) is -3.74. The number of ether oxygens (including phenoxy) is 1. The average Bonchev–Trinajstić information content (AvgIpc) is 2.83. The van der Waals surface area contributed by atoms with Crippen molar-refractivity contribution >= 4 is 27.8 Å². The maximum Gasteiger partial charge on any atom is 0.303 e. The predicted octanol–water partition coefficient (Wildman–Crippen LogP) is 4.35. The van der Waals surface area contributed by atoms with Crippen LogP contribution in [0.25, 0.3) is 6.08 Å². The van der Waals surface area contributed by atoms with E-state index >= 15 is 0 Å². The fraction of sp³-hybridized carbons (Fsp3) is 0.192. The molecule has 0 bridgehead atoms. The Kier molecular flexibility index (Phi) is 8.84. The number of aliphatic hydroxyl groups is 1. The lowest BCUT2D eigenvalue weighted by molar-refractivity contribution is -0.136. The number of para-hydroxylation sites is 2. The lowest BCUT2D eigenvalue weighted by Gasteiger charge is -2.13. The number of aliphatic carboxylic acids is 1. The van der Waals surface area contributed by atoms with E-state index in [0.29, 0.717) is 29.8 Å². The molecule has 0 aliphatic heterocycles. The van der Waals surface area contributed by atoms with Gasteiger partial charge in [-0.3, -0.25) is 9.52 Å². The van der Waals surface area contributed by atoms with Crippen molar-refractivity contribution in [2.24, 2.45) is 0 Å². The number of anilines is 1. The molecule has 3 N–H and O–H groups in total. The third kappa shape index (κ3) is 7.47. The summed E-state index contributed by atoms with van der Waals surface area (Å²) in [6.07, 6.45) is 3.11. The molecular formula is C26H27NO6S. The molecule has 3 aromatic carbocycles. The maximum absolute atomic E-state index is 12.6. The van der Waals surface area contributed by atoms with Gasteiger partial charge in [0.25, 0.3) is 10.0 Å². The number of rotatable bonds is 12. The van der Waals surface area contributed by atoms with Crippen LogP contribution in [0.1, 0.15) is 24.0 Å². The highest BCUT2D eigenvalue weighted by atomic mass is 32.2. The monoisotopic (exact) mass is 481 g/mol. The molecule has 0 spiro atoms. The minimum Gasteiger partial charge on any atom is -0.493 e. The van der Waals surface area contributed by atoms with Crippen LogP contribution in [-0.2, 0) is 21.2 Å². The SMILES string of the molecule is O=C(O)CCc1ccccc1OCC[C@@H](O)/C=C/c1ccccc1NS(=O)(=O)c1ccccc1. The highest BCUT2D eigenvalue weighted by Crippen LogP contribution is 2.22. The highest BCUT2D eigenvalue weighted by molar-refractivity contribution is 7.92. The molecule has 1 atom stereocenters. The predicted molar refractivity (Wildman–Crippen MR) is 131 cm³/mol. The Morgan fingerprint density at radius 2 is 1.65 bits per heavy atom. The van der Waals surface area contributed by atoms with Gasteiger partial charge in [0.2, 0.25) is 0 Å². The van der Waals surface area contributed by atoms with E-state index in [0.717, 1.165) is 5.56 Å². The first kappa shape index (κ1) is 25.0. The zero-order chi connectivity index (χ0) is 24.4. The Hall–Kier alpha value is -3.62. The molecule has 8 heteroatoms. The van der Waals surface area contributed by atoms with Crippen molar-refractivity contribution in [3.05, 3.63) is 96.1 Å². The van der Waals surface area contributed by atoms with E-state index in [2.05, 4.69) is 4.72 Å². The molecule has 0 saturated heterocycles. The number of carboxylic acids is 1. The highest BCUT2D eigenvalue weighted by Gasteiger charge is 2.15. The number of carboxylic acid groups (broad SMARTS) is 1. The Bertz CT molecular complexity index is 1220. The van der Waals surface area contributed by atoms with Crippen molar-refractivity contribution in [2.45, 2.75) is 30.3 Å². The summed E-state index contributed by atoms with van der Waals surface area (Å²) in [6.45, 7) is 0.234. The maximum atomic E-state index is 12.6. The molecule has 3 aromatic rings. The molecule has 0 amide bonds. The Morgan fingerprint density at radius 3 is 2.41 bits per heavy atom. The van der Waals surface area contributed by atoms with Gasteiger partial charge in [0.1, 0.15) is 5.75 Å². The average molecular weight is 482 g/mol. The third-order valence-electron chi connectivity index (χ3n) is 5.01. The number of sulfonamides is 1. The van der Waals surface area contributed by atoms with Gasteiger partial charge in [-0.25, -0.2) is 8.42 Å². The summed E-state index contributed by atoms with van der Waals surface area (Å²) in [4.78, 5) is 11.0. The second-order valence-electron chi connectivity index (χ2n) is 7.57. The van der Waals surface area contributed by atoms with Crippen LogP contribution in [0.4, 0.5) is 5.69 Å². The van der Waals surface area contributed by atoms with Gasteiger partial charge in [0.05, 0.1) is 23.3 Å². The van der Waals surface area contributed by atoms with Gasteiger partial charge in [-0.2, -0.15) is 0 Å². The van der Waals surface area contributed by atoms with Crippen LogP contribution in [0.5, 0.6) is 5.75 Å². The molecule has 0 aromatic heterocycles. The molecule has 178 valence electrons. The van der Waals surface area contributed by atoms with Crippen LogP contribution < -0.4 is 9.46 Å². The Balaban J connectivity index is 1.59. The number of hydrogen-bond donors (Lipinski definition) is 3.